The number of carboxylic acid groups (broad SMARTS) is 2. The Labute approximate surface area is 80.8 Å². The van der Waals surface area contributed by atoms with Gasteiger partial charge in [0, 0.05) is 5.39 Å². The average molecular weight is 212 g/mol. The van der Waals surface area contributed by atoms with Crippen LogP contribution in [0.1, 0.15) is 20.2 Å². The molecule has 0 radical (unpaired) electrons. The summed E-state index contributed by atoms with van der Waals surface area (Å²) < 4.78 is 0. The molecule has 6 nitrogen and oxygen atoms in total. The maximum absolute atomic E-state index is 10.6. The maximum atomic E-state index is 10.6. The van der Waals surface area contributed by atoms with Crippen molar-refractivity contribution in [2.24, 2.45) is 0 Å². The van der Waals surface area contributed by atoms with Crippen molar-refractivity contribution in [2.75, 3.05) is 0 Å². The number of hydrogen-bond donors (Lipinski definition) is 3. The number of H-pyrrole nitrogens is 1. The second-order valence-corrected chi connectivity index (χ2v) is 3.57. The molecule has 0 unspecified atom stereocenters. The van der Waals surface area contributed by atoms with Crippen LogP contribution in [-0.2, 0) is 0 Å². The first kappa shape index (κ1) is 8.70. The molecule has 0 aliphatic rings. The van der Waals surface area contributed by atoms with Gasteiger partial charge >= 0.3 is 11.9 Å². The summed E-state index contributed by atoms with van der Waals surface area (Å²) in [5.74, 6) is -2.23. The number of hydrogen-bond acceptors (Lipinski definition) is 4. The molecular weight excluding hydrogens is 208 g/mol. The molecule has 2 heterocycles. The second-order valence-electron chi connectivity index (χ2n) is 2.54. The zero-order chi connectivity index (χ0) is 10.3. The normalized spacial score (nSPS) is 10.6. The summed E-state index contributed by atoms with van der Waals surface area (Å²) >= 11 is 0.938. The highest BCUT2D eigenvalue weighted by Gasteiger charge is 2.17. The van der Waals surface area contributed by atoms with Crippen LogP contribution in [0.15, 0.2) is 6.07 Å². The standard InChI is InChI=1S/C7H4N2O4S/c10-6(11)3-1-2-4(7(12)13)8-9-5(2)14-3/h1H,(H,8,9)(H,10,11)(H,12,13). The van der Waals surface area contributed by atoms with Crippen molar-refractivity contribution in [1.82, 2.24) is 10.2 Å². The fraction of sp³-hybridized carbons (Fsp3) is 0. The minimum Gasteiger partial charge on any atom is -0.477 e. The molecule has 0 aromatic carbocycles. The van der Waals surface area contributed by atoms with E-state index in [0.29, 0.717) is 10.2 Å². The molecule has 0 saturated carbocycles. The van der Waals surface area contributed by atoms with E-state index in [2.05, 4.69) is 10.2 Å². The van der Waals surface area contributed by atoms with Gasteiger partial charge in [-0.2, -0.15) is 5.10 Å². The minimum atomic E-state index is -1.15. The van der Waals surface area contributed by atoms with E-state index in [1.807, 2.05) is 0 Å². The van der Waals surface area contributed by atoms with Crippen LogP contribution in [0.3, 0.4) is 0 Å². The predicted octanol–water partition coefficient (Wildman–Crippen LogP) is 1.02. The Morgan fingerprint density at radius 1 is 1.36 bits per heavy atom. The molecule has 3 N–H and O–H groups in total. The molecule has 0 atom stereocenters. The second kappa shape index (κ2) is 2.81. The van der Waals surface area contributed by atoms with Crippen molar-refractivity contribution in [3.05, 3.63) is 16.6 Å². The third kappa shape index (κ3) is 1.14. The molecule has 2 rings (SSSR count). The van der Waals surface area contributed by atoms with E-state index in [0.717, 1.165) is 11.3 Å². The quantitative estimate of drug-likeness (QED) is 0.689. The SMILES string of the molecule is O=C(O)c1cc2c(C(=O)O)[nH]nc2s1. The molecule has 72 valence electrons. The van der Waals surface area contributed by atoms with Gasteiger partial charge in [-0.05, 0) is 6.07 Å². The summed E-state index contributed by atoms with van der Waals surface area (Å²) in [5, 5.41) is 23.7. The Morgan fingerprint density at radius 2 is 2.07 bits per heavy atom. The van der Waals surface area contributed by atoms with Gasteiger partial charge in [-0.25, -0.2) is 9.59 Å². The van der Waals surface area contributed by atoms with E-state index in [1.54, 1.807) is 0 Å². The number of thiophene rings is 1. The Balaban J connectivity index is 2.67. The molecule has 7 heteroatoms. The van der Waals surface area contributed by atoms with Gasteiger partial charge in [-0.3, -0.25) is 5.10 Å². The minimum absolute atomic E-state index is 0.0799. The summed E-state index contributed by atoms with van der Waals surface area (Å²) in [7, 11) is 0. The monoisotopic (exact) mass is 212 g/mol. The van der Waals surface area contributed by atoms with Gasteiger partial charge in [-0.1, -0.05) is 0 Å². The van der Waals surface area contributed by atoms with E-state index >= 15 is 0 Å². The zero-order valence-electron chi connectivity index (χ0n) is 6.64. The number of aromatic amines is 1. The van der Waals surface area contributed by atoms with Crippen LogP contribution in [0.4, 0.5) is 0 Å². The van der Waals surface area contributed by atoms with E-state index in [1.165, 1.54) is 6.07 Å². The predicted molar refractivity (Wildman–Crippen MR) is 47.9 cm³/mol. The fourth-order valence-electron chi connectivity index (χ4n) is 1.08. The highest BCUT2D eigenvalue weighted by Crippen LogP contribution is 2.26. The van der Waals surface area contributed by atoms with Crippen molar-refractivity contribution < 1.29 is 19.8 Å². The summed E-state index contributed by atoms with van der Waals surface area (Å²) in [5.41, 5.74) is -0.0799. The van der Waals surface area contributed by atoms with E-state index in [9.17, 15) is 9.59 Å². The molecule has 0 aliphatic heterocycles. The molecule has 2 aromatic rings. The summed E-state index contributed by atoms with van der Waals surface area (Å²) in [4.78, 5) is 21.7. The lowest BCUT2D eigenvalue weighted by molar-refractivity contribution is 0.0684. The Bertz CT molecular complexity index is 527. The van der Waals surface area contributed by atoms with Crippen LogP contribution < -0.4 is 0 Å². The van der Waals surface area contributed by atoms with Crippen LogP contribution in [-0.4, -0.2) is 32.3 Å². The number of aromatic carboxylic acids is 2. The van der Waals surface area contributed by atoms with Gasteiger partial charge in [0.25, 0.3) is 0 Å². The van der Waals surface area contributed by atoms with Gasteiger partial charge in [-0.15, -0.1) is 11.3 Å². The molecule has 0 saturated heterocycles. The third-order valence-corrected chi connectivity index (χ3v) is 2.69. The molecule has 0 fully saturated rings. The van der Waals surface area contributed by atoms with Crippen molar-refractivity contribution in [3.63, 3.8) is 0 Å². The van der Waals surface area contributed by atoms with Crippen molar-refractivity contribution in [1.29, 1.82) is 0 Å². The van der Waals surface area contributed by atoms with Crippen LogP contribution in [0.5, 0.6) is 0 Å². The van der Waals surface area contributed by atoms with Crippen LogP contribution in [0.25, 0.3) is 10.2 Å². The molecule has 14 heavy (non-hydrogen) atoms. The highest BCUT2D eigenvalue weighted by atomic mass is 32.1. The summed E-state index contributed by atoms with van der Waals surface area (Å²) in [6, 6.07) is 1.30. The van der Waals surface area contributed by atoms with Crippen LogP contribution >= 0.6 is 11.3 Å². The molecule has 2 aromatic heterocycles. The lowest BCUT2D eigenvalue weighted by atomic mass is 10.3. The van der Waals surface area contributed by atoms with Gasteiger partial charge in [0.05, 0.1) is 0 Å². The molecule has 0 amide bonds. The first-order valence-electron chi connectivity index (χ1n) is 3.54. The summed E-state index contributed by atoms with van der Waals surface area (Å²) in [6.45, 7) is 0. The van der Waals surface area contributed by atoms with E-state index in [-0.39, 0.29) is 10.6 Å². The lowest BCUT2D eigenvalue weighted by Crippen LogP contribution is -1.97. The smallest absolute Gasteiger partial charge is 0.354 e. The Hall–Kier alpha value is -1.89. The average Bonchev–Trinajstić information content (AvgIpc) is 2.58. The zero-order valence-corrected chi connectivity index (χ0v) is 7.46. The molecular formula is C7H4N2O4S. The lowest BCUT2D eigenvalue weighted by Gasteiger charge is -1.85. The Kier molecular flexibility index (Phi) is 1.74. The number of rotatable bonds is 2. The number of fused-ring (bicyclic) bond motifs is 1. The largest absolute Gasteiger partial charge is 0.477 e. The molecule has 0 aliphatic carbocycles. The van der Waals surface area contributed by atoms with Crippen LogP contribution in [0.2, 0.25) is 0 Å². The topological polar surface area (TPSA) is 103 Å². The van der Waals surface area contributed by atoms with Gasteiger partial charge < -0.3 is 10.2 Å². The first-order valence-corrected chi connectivity index (χ1v) is 4.35. The van der Waals surface area contributed by atoms with Gasteiger partial charge in [0.15, 0.2) is 5.69 Å². The Morgan fingerprint density at radius 3 is 2.64 bits per heavy atom. The van der Waals surface area contributed by atoms with Gasteiger partial charge in [0.2, 0.25) is 0 Å². The van der Waals surface area contributed by atoms with Crippen molar-refractivity contribution in [2.45, 2.75) is 0 Å². The maximum Gasteiger partial charge on any atom is 0.354 e. The number of carbonyl (C=O) groups is 2. The highest BCUT2D eigenvalue weighted by molar-refractivity contribution is 7.20. The number of aromatic nitrogens is 2. The number of nitrogens with one attached hydrogen (secondary N) is 1. The summed E-state index contributed by atoms with van der Waals surface area (Å²) in [6.07, 6.45) is 0. The molecule has 0 bridgehead atoms. The molecule has 0 spiro atoms. The number of carboxylic acids is 2. The van der Waals surface area contributed by atoms with Gasteiger partial charge in [0.1, 0.15) is 9.71 Å². The van der Waals surface area contributed by atoms with E-state index in [4.69, 9.17) is 10.2 Å². The van der Waals surface area contributed by atoms with E-state index < -0.39 is 11.9 Å². The number of nitrogens with zero attached hydrogens (tertiary/aromatic N) is 1. The van der Waals surface area contributed by atoms with Crippen LogP contribution in [0, 0.1) is 0 Å². The third-order valence-electron chi connectivity index (χ3n) is 1.68. The van der Waals surface area contributed by atoms with Crippen molar-refractivity contribution >= 4 is 33.5 Å². The fourth-order valence-corrected chi connectivity index (χ4v) is 1.91. The first-order chi connectivity index (χ1) is 6.59. The van der Waals surface area contributed by atoms with Crippen molar-refractivity contribution in [3.8, 4) is 0 Å².